The lowest BCUT2D eigenvalue weighted by Gasteiger charge is -2.04. The fourth-order valence-electron chi connectivity index (χ4n) is 1.29. The zero-order valence-corrected chi connectivity index (χ0v) is 8.42. The van der Waals surface area contributed by atoms with Crippen molar-refractivity contribution in [1.82, 2.24) is 0 Å². The minimum absolute atomic E-state index is 0.168. The van der Waals surface area contributed by atoms with Gasteiger partial charge in [0.25, 0.3) is 0 Å². The van der Waals surface area contributed by atoms with Gasteiger partial charge in [-0.25, -0.2) is 0 Å². The average molecular weight is 189 g/mol. The van der Waals surface area contributed by atoms with E-state index in [1.54, 1.807) is 0 Å². The van der Waals surface area contributed by atoms with Crippen molar-refractivity contribution in [1.29, 1.82) is 0 Å². The molecular formula is C12H15NO. The number of hydrogen-bond acceptors (Lipinski definition) is 1. The molecular weight excluding hydrogens is 174 g/mol. The maximum atomic E-state index is 11.0. The normalized spacial score (nSPS) is 9.50. The van der Waals surface area contributed by atoms with Crippen LogP contribution in [0.4, 0.5) is 5.69 Å². The zero-order chi connectivity index (χ0) is 10.4. The molecule has 0 unspecified atom stereocenters. The summed E-state index contributed by atoms with van der Waals surface area (Å²) in [4.78, 5) is 11.0. The van der Waals surface area contributed by atoms with Gasteiger partial charge >= 0.3 is 0 Å². The highest BCUT2D eigenvalue weighted by Gasteiger charge is 1.97. The van der Waals surface area contributed by atoms with Gasteiger partial charge in [0.2, 0.25) is 5.91 Å². The first-order chi connectivity index (χ1) is 6.76. The molecule has 0 saturated heterocycles. The summed E-state index contributed by atoms with van der Waals surface area (Å²) in [5.41, 5.74) is 2.08. The third-order valence-electron chi connectivity index (χ3n) is 1.92. The molecule has 0 aliphatic carbocycles. The molecule has 14 heavy (non-hydrogen) atoms. The topological polar surface area (TPSA) is 29.1 Å². The lowest BCUT2D eigenvalue weighted by Crippen LogP contribution is -2.07. The number of benzene rings is 1. The summed E-state index contributed by atoms with van der Waals surface area (Å²) in [6.07, 6.45) is 3.42. The lowest BCUT2D eigenvalue weighted by atomic mass is 10.1. The van der Waals surface area contributed by atoms with Gasteiger partial charge in [0, 0.05) is 5.69 Å². The van der Waals surface area contributed by atoms with E-state index >= 15 is 0 Å². The molecule has 0 radical (unpaired) electrons. The minimum Gasteiger partial charge on any atom is -0.323 e. The number of aryl methyl sites for hydroxylation is 1. The largest absolute Gasteiger partial charge is 0.323 e. The van der Waals surface area contributed by atoms with Gasteiger partial charge in [0.05, 0.1) is 0 Å². The van der Waals surface area contributed by atoms with Crippen LogP contribution in [0.3, 0.4) is 0 Å². The Hall–Kier alpha value is -1.57. The Bertz CT molecular complexity index is 331. The molecule has 0 fully saturated rings. The molecule has 1 N–H and O–H groups in total. The van der Waals surface area contributed by atoms with Crippen molar-refractivity contribution in [3.05, 3.63) is 42.5 Å². The van der Waals surface area contributed by atoms with Gasteiger partial charge < -0.3 is 5.32 Å². The van der Waals surface area contributed by atoms with Gasteiger partial charge in [-0.1, -0.05) is 32.1 Å². The van der Waals surface area contributed by atoms with Crippen LogP contribution >= 0.6 is 0 Å². The summed E-state index contributed by atoms with van der Waals surface area (Å²) < 4.78 is 0. The predicted molar refractivity (Wildman–Crippen MR) is 59.3 cm³/mol. The van der Waals surface area contributed by atoms with Crippen molar-refractivity contribution in [3.63, 3.8) is 0 Å². The van der Waals surface area contributed by atoms with Crippen molar-refractivity contribution < 1.29 is 4.79 Å². The Morgan fingerprint density at radius 2 is 2.36 bits per heavy atom. The molecule has 1 amide bonds. The van der Waals surface area contributed by atoms with E-state index in [0.29, 0.717) is 0 Å². The second-order valence-corrected chi connectivity index (χ2v) is 3.14. The van der Waals surface area contributed by atoms with Gasteiger partial charge in [-0.05, 0) is 30.2 Å². The number of anilines is 1. The highest BCUT2D eigenvalue weighted by atomic mass is 16.1. The Labute approximate surface area is 84.6 Å². The number of nitrogens with one attached hydrogen (secondary N) is 1. The van der Waals surface area contributed by atoms with Crippen molar-refractivity contribution in [3.8, 4) is 0 Å². The number of hydrogen-bond donors (Lipinski definition) is 1. The lowest BCUT2D eigenvalue weighted by molar-refractivity contribution is -0.111. The fourth-order valence-corrected chi connectivity index (χ4v) is 1.29. The summed E-state index contributed by atoms with van der Waals surface area (Å²) in [5, 5.41) is 2.73. The van der Waals surface area contributed by atoms with E-state index in [-0.39, 0.29) is 5.91 Å². The van der Waals surface area contributed by atoms with E-state index in [2.05, 4.69) is 24.9 Å². The highest BCUT2D eigenvalue weighted by molar-refractivity contribution is 5.98. The summed E-state index contributed by atoms with van der Waals surface area (Å²) in [7, 11) is 0. The smallest absolute Gasteiger partial charge is 0.247 e. The molecule has 1 aromatic carbocycles. The predicted octanol–water partition coefficient (Wildman–Crippen LogP) is 2.76. The van der Waals surface area contributed by atoms with Crippen LogP contribution in [0.25, 0.3) is 0 Å². The summed E-state index contributed by atoms with van der Waals surface area (Å²) >= 11 is 0. The second kappa shape index (κ2) is 5.22. The van der Waals surface area contributed by atoms with Crippen molar-refractivity contribution >= 4 is 11.6 Å². The first-order valence-corrected chi connectivity index (χ1v) is 4.78. The van der Waals surface area contributed by atoms with Crippen LogP contribution in [0.15, 0.2) is 36.9 Å². The molecule has 1 rings (SSSR count). The quantitative estimate of drug-likeness (QED) is 0.725. The molecule has 1 aromatic rings. The third kappa shape index (κ3) is 3.05. The molecule has 0 bridgehead atoms. The Kier molecular flexibility index (Phi) is 3.92. The van der Waals surface area contributed by atoms with Crippen LogP contribution in [-0.2, 0) is 11.2 Å². The maximum Gasteiger partial charge on any atom is 0.247 e. The third-order valence-corrected chi connectivity index (χ3v) is 1.92. The monoisotopic (exact) mass is 189 g/mol. The average Bonchev–Trinajstić information content (AvgIpc) is 2.19. The summed E-state index contributed by atoms with van der Waals surface area (Å²) in [6, 6.07) is 7.88. The van der Waals surface area contributed by atoms with Gasteiger partial charge in [0.1, 0.15) is 0 Å². The molecule has 0 aliphatic rings. The molecule has 0 atom stereocenters. The molecule has 0 spiro atoms. The van der Waals surface area contributed by atoms with Crippen molar-refractivity contribution in [2.75, 3.05) is 5.32 Å². The zero-order valence-electron chi connectivity index (χ0n) is 8.42. The molecule has 74 valence electrons. The molecule has 2 nitrogen and oxygen atoms in total. The van der Waals surface area contributed by atoms with E-state index in [1.807, 2.05) is 18.2 Å². The van der Waals surface area contributed by atoms with Gasteiger partial charge in [-0.3, -0.25) is 4.79 Å². The van der Waals surface area contributed by atoms with E-state index < -0.39 is 0 Å². The Morgan fingerprint density at radius 3 is 3.00 bits per heavy atom. The summed E-state index contributed by atoms with van der Waals surface area (Å²) in [5.74, 6) is -0.168. The van der Waals surface area contributed by atoms with Crippen LogP contribution in [0.5, 0.6) is 0 Å². The van der Waals surface area contributed by atoms with E-state index in [9.17, 15) is 4.79 Å². The highest BCUT2D eigenvalue weighted by Crippen LogP contribution is 2.11. The van der Waals surface area contributed by atoms with Crippen LogP contribution in [0.1, 0.15) is 18.9 Å². The van der Waals surface area contributed by atoms with Gasteiger partial charge in [0.15, 0.2) is 0 Å². The molecule has 0 heterocycles. The summed E-state index contributed by atoms with van der Waals surface area (Å²) in [6.45, 7) is 5.54. The molecule has 2 heteroatoms. The van der Waals surface area contributed by atoms with Crippen LogP contribution < -0.4 is 5.32 Å². The second-order valence-electron chi connectivity index (χ2n) is 3.14. The standard InChI is InChI=1S/C12H15NO/c1-3-6-10-7-5-8-11(9-10)13-12(14)4-2/h4-5,7-9H,2-3,6H2,1H3,(H,13,14). The van der Waals surface area contributed by atoms with Gasteiger partial charge in [-0.15, -0.1) is 0 Å². The Morgan fingerprint density at radius 1 is 1.57 bits per heavy atom. The number of amides is 1. The Balaban J connectivity index is 2.72. The number of rotatable bonds is 4. The van der Waals surface area contributed by atoms with E-state index in [4.69, 9.17) is 0 Å². The van der Waals surface area contributed by atoms with Crippen LogP contribution in [0.2, 0.25) is 0 Å². The minimum atomic E-state index is -0.168. The molecule has 0 aromatic heterocycles. The van der Waals surface area contributed by atoms with E-state index in [0.717, 1.165) is 18.5 Å². The van der Waals surface area contributed by atoms with Gasteiger partial charge in [-0.2, -0.15) is 0 Å². The SMILES string of the molecule is C=CC(=O)Nc1cccc(CCC)c1. The molecule has 0 saturated carbocycles. The fraction of sp³-hybridized carbons (Fsp3) is 0.250. The first kappa shape index (κ1) is 10.5. The maximum absolute atomic E-state index is 11.0. The van der Waals surface area contributed by atoms with Crippen LogP contribution in [-0.4, -0.2) is 5.91 Å². The molecule has 0 aliphatic heterocycles. The van der Waals surface area contributed by atoms with Crippen molar-refractivity contribution in [2.24, 2.45) is 0 Å². The first-order valence-electron chi connectivity index (χ1n) is 4.78. The van der Waals surface area contributed by atoms with Crippen LogP contribution in [0, 0.1) is 0 Å². The number of carbonyl (C=O) groups is 1. The number of carbonyl (C=O) groups excluding carboxylic acids is 1. The van der Waals surface area contributed by atoms with Crippen molar-refractivity contribution in [2.45, 2.75) is 19.8 Å². The van der Waals surface area contributed by atoms with E-state index in [1.165, 1.54) is 11.6 Å².